The van der Waals surface area contributed by atoms with Crippen LogP contribution in [0.25, 0.3) is 0 Å². The van der Waals surface area contributed by atoms with Crippen molar-refractivity contribution < 1.29 is 4.79 Å². The smallest absolute Gasteiger partial charge is 0.236 e. The molecule has 2 heterocycles. The second-order valence-electron chi connectivity index (χ2n) is 7.88. The first-order valence-electron chi connectivity index (χ1n) is 10.4. The van der Waals surface area contributed by atoms with E-state index in [1.54, 1.807) is 0 Å². The van der Waals surface area contributed by atoms with Crippen LogP contribution in [-0.4, -0.2) is 79.5 Å². The van der Waals surface area contributed by atoms with Crippen LogP contribution in [0.5, 0.6) is 0 Å². The van der Waals surface area contributed by atoms with Crippen LogP contribution in [-0.2, 0) is 11.3 Å². The van der Waals surface area contributed by atoms with Crippen molar-refractivity contribution in [3.8, 4) is 0 Å². The average Bonchev–Trinajstić information content (AvgIpc) is 2.77. The Morgan fingerprint density at radius 1 is 0.759 bits per heavy atom. The topological polar surface area (TPSA) is 30.0 Å². The van der Waals surface area contributed by atoms with Crippen LogP contribution in [0.3, 0.4) is 0 Å². The number of rotatable bonds is 5. The summed E-state index contributed by atoms with van der Waals surface area (Å²) in [4.78, 5) is 21.9. The summed E-state index contributed by atoms with van der Waals surface area (Å²) in [6.45, 7) is 8.78. The van der Waals surface area contributed by atoms with Crippen LogP contribution in [0.1, 0.15) is 5.56 Å². The van der Waals surface area contributed by atoms with Crippen molar-refractivity contribution in [2.45, 2.75) is 6.54 Å². The molecule has 6 heteroatoms. The highest BCUT2D eigenvalue weighted by Gasteiger charge is 2.24. The second-order valence-corrected chi connectivity index (χ2v) is 8.32. The zero-order valence-corrected chi connectivity index (χ0v) is 17.6. The zero-order valence-electron chi connectivity index (χ0n) is 16.8. The molecule has 2 aromatic carbocycles. The van der Waals surface area contributed by atoms with Gasteiger partial charge in [-0.15, -0.1) is 0 Å². The van der Waals surface area contributed by atoms with Gasteiger partial charge in [-0.05, 0) is 29.8 Å². The number of anilines is 1. The lowest BCUT2D eigenvalue weighted by molar-refractivity contribution is -0.134. The normalized spacial score (nSPS) is 18.8. The number of carbonyl (C=O) groups excluding carboxylic acids is 1. The molecule has 0 aromatic heterocycles. The first-order valence-corrected chi connectivity index (χ1v) is 10.8. The molecule has 2 aromatic rings. The number of nitrogens with zero attached hydrogens (tertiary/aromatic N) is 4. The van der Waals surface area contributed by atoms with Gasteiger partial charge in [0.05, 0.1) is 6.54 Å². The van der Waals surface area contributed by atoms with Crippen molar-refractivity contribution in [1.29, 1.82) is 0 Å². The lowest BCUT2D eigenvalue weighted by Crippen LogP contribution is -2.53. The Balaban J connectivity index is 1.19. The molecular weight excluding hydrogens is 384 g/mol. The van der Waals surface area contributed by atoms with E-state index in [0.29, 0.717) is 6.54 Å². The van der Waals surface area contributed by atoms with Crippen LogP contribution in [0.4, 0.5) is 5.69 Å². The largest absolute Gasteiger partial charge is 0.369 e. The number of para-hydroxylation sites is 1. The number of benzene rings is 2. The maximum Gasteiger partial charge on any atom is 0.236 e. The molecular formula is C23H29ClN4O. The Morgan fingerprint density at radius 3 is 2.03 bits per heavy atom. The van der Waals surface area contributed by atoms with Crippen molar-refractivity contribution in [2.75, 3.05) is 63.8 Å². The van der Waals surface area contributed by atoms with Gasteiger partial charge in [0.25, 0.3) is 0 Å². The van der Waals surface area contributed by atoms with E-state index >= 15 is 0 Å². The average molecular weight is 413 g/mol. The van der Waals surface area contributed by atoms with Gasteiger partial charge in [-0.1, -0.05) is 41.9 Å². The lowest BCUT2D eigenvalue weighted by Gasteiger charge is -2.38. The molecule has 154 valence electrons. The first-order chi connectivity index (χ1) is 14.2. The third-order valence-corrected chi connectivity index (χ3v) is 6.15. The minimum atomic E-state index is 0.268. The van der Waals surface area contributed by atoms with Gasteiger partial charge in [0.2, 0.25) is 5.91 Å². The lowest BCUT2D eigenvalue weighted by atomic mass is 10.2. The molecule has 0 atom stereocenters. The van der Waals surface area contributed by atoms with E-state index in [-0.39, 0.29) is 5.91 Å². The monoisotopic (exact) mass is 412 g/mol. The van der Waals surface area contributed by atoms with Crippen molar-refractivity contribution in [1.82, 2.24) is 14.7 Å². The van der Waals surface area contributed by atoms with E-state index < -0.39 is 0 Å². The predicted octanol–water partition coefficient (Wildman–Crippen LogP) is 2.81. The maximum absolute atomic E-state index is 12.8. The molecule has 4 rings (SSSR count). The molecule has 0 saturated carbocycles. The Bertz CT molecular complexity index is 782. The summed E-state index contributed by atoms with van der Waals surface area (Å²) < 4.78 is 0. The molecule has 2 aliphatic heterocycles. The fraction of sp³-hybridized carbons (Fsp3) is 0.435. The summed E-state index contributed by atoms with van der Waals surface area (Å²) in [5.41, 5.74) is 2.54. The molecule has 0 N–H and O–H groups in total. The summed E-state index contributed by atoms with van der Waals surface area (Å²) in [6.07, 6.45) is 0. The van der Waals surface area contributed by atoms with Crippen LogP contribution < -0.4 is 4.90 Å². The maximum atomic E-state index is 12.8. The minimum Gasteiger partial charge on any atom is -0.369 e. The van der Waals surface area contributed by atoms with Crippen molar-refractivity contribution in [3.05, 3.63) is 65.2 Å². The number of hydrogen-bond donors (Lipinski definition) is 0. The van der Waals surface area contributed by atoms with E-state index in [1.807, 2.05) is 23.1 Å². The van der Waals surface area contributed by atoms with Crippen LogP contribution >= 0.6 is 11.6 Å². The van der Waals surface area contributed by atoms with E-state index in [2.05, 4.69) is 51.1 Å². The fourth-order valence-electron chi connectivity index (χ4n) is 4.10. The van der Waals surface area contributed by atoms with E-state index in [1.165, 1.54) is 11.3 Å². The first kappa shape index (κ1) is 20.2. The van der Waals surface area contributed by atoms with E-state index in [4.69, 9.17) is 11.6 Å². The van der Waals surface area contributed by atoms with Crippen LogP contribution in [0.15, 0.2) is 54.6 Å². The second kappa shape index (κ2) is 9.61. The van der Waals surface area contributed by atoms with E-state index in [0.717, 1.165) is 63.9 Å². The van der Waals surface area contributed by atoms with Gasteiger partial charge in [0, 0.05) is 69.6 Å². The van der Waals surface area contributed by atoms with Gasteiger partial charge in [0.15, 0.2) is 0 Å². The summed E-state index contributed by atoms with van der Waals surface area (Å²) in [7, 11) is 0. The Kier molecular flexibility index (Phi) is 6.70. The highest BCUT2D eigenvalue weighted by atomic mass is 35.5. The minimum absolute atomic E-state index is 0.268. The SMILES string of the molecule is O=C(CN1CCN(c2ccccc2)CC1)N1CCN(Cc2ccc(Cl)cc2)CC1. The van der Waals surface area contributed by atoms with Gasteiger partial charge in [-0.2, -0.15) is 0 Å². The fourth-order valence-corrected chi connectivity index (χ4v) is 4.22. The molecule has 2 saturated heterocycles. The standard InChI is InChI=1S/C23H29ClN4O/c24-21-8-6-20(7-9-21)18-25-12-16-28(17-13-25)23(29)19-26-10-14-27(15-11-26)22-4-2-1-3-5-22/h1-9H,10-19H2. The Morgan fingerprint density at radius 2 is 1.38 bits per heavy atom. The summed E-state index contributed by atoms with van der Waals surface area (Å²) in [6, 6.07) is 18.6. The van der Waals surface area contributed by atoms with Crippen molar-refractivity contribution in [2.24, 2.45) is 0 Å². The Labute approximate surface area is 178 Å². The number of amides is 1. The van der Waals surface area contributed by atoms with E-state index in [9.17, 15) is 4.79 Å². The van der Waals surface area contributed by atoms with Gasteiger partial charge < -0.3 is 9.80 Å². The molecule has 0 radical (unpaired) electrons. The third kappa shape index (κ3) is 5.50. The molecule has 0 unspecified atom stereocenters. The quantitative estimate of drug-likeness (QED) is 0.755. The van der Waals surface area contributed by atoms with Gasteiger partial charge in [-0.25, -0.2) is 0 Å². The van der Waals surface area contributed by atoms with Gasteiger partial charge >= 0.3 is 0 Å². The van der Waals surface area contributed by atoms with Crippen molar-refractivity contribution >= 4 is 23.2 Å². The third-order valence-electron chi connectivity index (χ3n) is 5.90. The highest BCUT2D eigenvalue weighted by Crippen LogP contribution is 2.16. The molecule has 1 amide bonds. The zero-order chi connectivity index (χ0) is 20.1. The number of hydrogen-bond acceptors (Lipinski definition) is 4. The molecule has 0 aliphatic carbocycles. The highest BCUT2D eigenvalue weighted by molar-refractivity contribution is 6.30. The molecule has 0 bridgehead atoms. The predicted molar refractivity (Wildman–Crippen MR) is 118 cm³/mol. The molecule has 29 heavy (non-hydrogen) atoms. The molecule has 5 nitrogen and oxygen atoms in total. The summed E-state index contributed by atoms with van der Waals surface area (Å²) >= 11 is 5.96. The molecule has 2 fully saturated rings. The summed E-state index contributed by atoms with van der Waals surface area (Å²) in [5.74, 6) is 0.268. The van der Waals surface area contributed by atoms with Gasteiger partial charge in [0.1, 0.15) is 0 Å². The van der Waals surface area contributed by atoms with Gasteiger partial charge in [-0.3, -0.25) is 14.6 Å². The number of halogens is 1. The number of carbonyl (C=O) groups is 1. The van der Waals surface area contributed by atoms with Crippen molar-refractivity contribution in [3.63, 3.8) is 0 Å². The molecule has 2 aliphatic rings. The van der Waals surface area contributed by atoms with Crippen LogP contribution in [0, 0.1) is 0 Å². The molecule has 0 spiro atoms. The summed E-state index contributed by atoms with van der Waals surface area (Å²) in [5, 5.41) is 0.772. The van der Waals surface area contributed by atoms with Crippen LogP contribution in [0.2, 0.25) is 5.02 Å². The number of piperazine rings is 2. The Hall–Kier alpha value is -2.08.